The standard InChI is InChI=1S/C38H49N3O5/c1-6-9-22-39(20-7-2)36(45)33-38-24-27(4)37(5,46-38)31(34(43)40(21-8-3)25-29-18-14-11-15-19-29)32(38)35(44)41(33)30(26-42)23-28-16-12-10-13-17-28/h7-8,10-19,27,30-33,42H,2-3,6,9,20-26H2,1,4-5H3/t27?,30-,31-,32+,33?,37+,38?/m1/s1. The first-order valence-electron chi connectivity index (χ1n) is 16.7. The van der Waals surface area contributed by atoms with Gasteiger partial charge < -0.3 is 24.5 Å². The molecular weight excluding hydrogens is 578 g/mol. The van der Waals surface area contributed by atoms with E-state index in [1.807, 2.05) is 67.6 Å². The first-order valence-corrected chi connectivity index (χ1v) is 16.7. The highest BCUT2D eigenvalue weighted by Gasteiger charge is 2.80. The zero-order valence-electron chi connectivity index (χ0n) is 27.5. The Bertz CT molecular complexity index is 1420. The quantitative estimate of drug-likeness (QED) is 0.291. The fourth-order valence-electron chi connectivity index (χ4n) is 8.22. The van der Waals surface area contributed by atoms with Crippen molar-refractivity contribution in [2.75, 3.05) is 26.2 Å². The number of hydrogen-bond acceptors (Lipinski definition) is 5. The Balaban J connectivity index is 1.60. The Morgan fingerprint density at radius 1 is 1.02 bits per heavy atom. The Hall–Kier alpha value is -3.75. The van der Waals surface area contributed by atoms with Gasteiger partial charge in [0.05, 0.1) is 30.1 Å². The number of amides is 3. The smallest absolute Gasteiger partial charge is 0.248 e. The molecule has 1 spiro atoms. The number of fused-ring (bicyclic) bond motifs is 1. The van der Waals surface area contributed by atoms with Gasteiger partial charge in [0.15, 0.2) is 0 Å². The van der Waals surface area contributed by atoms with Gasteiger partial charge >= 0.3 is 0 Å². The summed E-state index contributed by atoms with van der Waals surface area (Å²) in [5.41, 5.74) is -0.229. The lowest BCUT2D eigenvalue weighted by Crippen LogP contribution is -2.59. The number of benzene rings is 2. The molecule has 246 valence electrons. The van der Waals surface area contributed by atoms with E-state index < -0.39 is 35.1 Å². The summed E-state index contributed by atoms with van der Waals surface area (Å²) < 4.78 is 7.02. The van der Waals surface area contributed by atoms with Gasteiger partial charge in [-0.3, -0.25) is 14.4 Å². The predicted molar refractivity (Wildman–Crippen MR) is 178 cm³/mol. The summed E-state index contributed by atoms with van der Waals surface area (Å²) in [6, 6.07) is 17.8. The van der Waals surface area contributed by atoms with E-state index >= 15 is 0 Å². The fourth-order valence-corrected chi connectivity index (χ4v) is 8.22. The number of carbonyl (C=O) groups excluding carboxylic acids is 3. The third-order valence-electron chi connectivity index (χ3n) is 10.5. The minimum atomic E-state index is -1.20. The van der Waals surface area contributed by atoms with Crippen LogP contribution >= 0.6 is 0 Å². The zero-order valence-corrected chi connectivity index (χ0v) is 27.5. The van der Waals surface area contributed by atoms with Crippen LogP contribution in [0.5, 0.6) is 0 Å². The maximum absolute atomic E-state index is 14.9. The zero-order chi connectivity index (χ0) is 33.1. The lowest BCUT2D eigenvalue weighted by molar-refractivity contribution is -0.157. The number of nitrogens with zero attached hydrogens (tertiary/aromatic N) is 3. The van der Waals surface area contributed by atoms with E-state index in [0.29, 0.717) is 39.0 Å². The fraction of sp³-hybridized carbons (Fsp3) is 0.500. The van der Waals surface area contributed by atoms with Crippen molar-refractivity contribution in [3.8, 4) is 0 Å². The van der Waals surface area contributed by atoms with Gasteiger partial charge in [-0.15, -0.1) is 13.2 Å². The van der Waals surface area contributed by atoms with E-state index in [1.165, 1.54) is 0 Å². The van der Waals surface area contributed by atoms with E-state index in [-0.39, 0.29) is 30.2 Å². The minimum absolute atomic E-state index is 0.0896. The molecule has 0 radical (unpaired) electrons. The molecule has 8 nitrogen and oxygen atoms in total. The van der Waals surface area contributed by atoms with Crippen LogP contribution in [-0.2, 0) is 32.1 Å². The average Bonchev–Trinajstić information content (AvgIpc) is 3.58. The normalized spacial score (nSPS) is 28.5. The predicted octanol–water partition coefficient (Wildman–Crippen LogP) is 4.63. The van der Waals surface area contributed by atoms with Crippen molar-refractivity contribution in [2.24, 2.45) is 17.8 Å². The van der Waals surface area contributed by atoms with Crippen molar-refractivity contribution in [3.05, 3.63) is 97.1 Å². The van der Waals surface area contributed by atoms with Crippen LogP contribution in [0.2, 0.25) is 0 Å². The maximum atomic E-state index is 14.9. The molecule has 8 heteroatoms. The number of unbranched alkanes of at least 4 members (excludes halogenated alkanes) is 1. The molecule has 3 aliphatic rings. The van der Waals surface area contributed by atoms with Crippen LogP contribution in [0.3, 0.4) is 0 Å². The van der Waals surface area contributed by atoms with Gasteiger partial charge in [-0.25, -0.2) is 0 Å². The van der Waals surface area contributed by atoms with Gasteiger partial charge in [-0.2, -0.15) is 0 Å². The summed E-state index contributed by atoms with van der Waals surface area (Å²) in [7, 11) is 0. The highest BCUT2D eigenvalue weighted by atomic mass is 16.5. The number of rotatable bonds is 15. The monoisotopic (exact) mass is 627 g/mol. The lowest BCUT2D eigenvalue weighted by atomic mass is 9.62. The van der Waals surface area contributed by atoms with Crippen molar-refractivity contribution in [1.82, 2.24) is 14.7 Å². The van der Waals surface area contributed by atoms with E-state index in [1.54, 1.807) is 26.9 Å². The summed E-state index contributed by atoms with van der Waals surface area (Å²) in [5, 5.41) is 10.8. The number of ether oxygens (including phenoxy) is 1. The molecule has 2 aromatic carbocycles. The maximum Gasteiger partial charge on any atom is 0.248 e. The van der Waals surface area contributed by atoms with Crippen molar-refractivity contribution in [1.29, 1.82) is 0 Å². The highest BCUT2D eigenvalue weighted by Crippen LogP contribution is 2.66. The number of aliphatic hydroxyl groups excluding tert-OH is 1. The molecule has 3 aliphatic heterocycles. The summed E-state index contributed by atoms with van der Waals surface area (Å²) >= 11 is 0. The molecule has 0 aliphatic carbocycles. The largest absolute Gasteiger partial charge is 0.394 e. The van der Waals surface area contributed by atoms with Gasteiger partial charge in [0, 0.05) is 26.2 Å². The van der Waals surface area contributed by atoms with Crippen LogP contribution in [0.4, 0.5) is 0 Å². The van der Waals surface area contributed by atoms with E-state index in [4.69, 9.17) is 4.74 Å². The van der Waals surface area contributed by atoms with Crippen molar-refractivity contribution in [2.45, 2.75) is 76.3 Å². The van der Waals surface area contributed by atoms with Crippen LogP contribution in [0.25, 0.3) is 0 Å². The second-order valence-corrected chi connectivity index (χ2v) is 13.4. The lowest BCUT2D eigenvalue weighted by Gasteiger charge is -2.39. The third kappa shape index (κ3) is 5.82. The third-order valence-corrected chi connectivity index (χ3v) is 10.5. The molecule has 7 atom stereocenters. The van der Waals surface area contributed by atoms with Gasteiger partial charge in [0.1, 0.15) is 11.6 Å². The highest BCUT2D eigenvalue weighted by molar-refractivity contribution is 5.99. The van der Waals surface area contributed by atoms with Crippen LogP contribution in [0, 0.1) is 17.8 Å². The topological polar surface area (TPSA) is 90.4 Å². The molecular formula is C38H49N3O5. The molecule has 3 heterocycles. The van der Waals surface area contributed by atoms with Crippen LogP contribution in [0.15, 0.2) is 86.0 Å². The number of carbonyl (C=O) groups is 3. The minimum Gasteiger partial charge on any atom is -0.394 e. The summed E-state index contributed by atoms with van der Waals surface area (Å²) in [4.78, 5) is 49.5. The SMILES string of the molecule is C=CCN(CCCC)C(=O)C1N([C@@H](CO)Cc2ccccc2)C(=O)[C@@H]2[C@H](C(=O)N(CC=C)Cc3ccccc3)[C@@]3(C)OC12CC3C. The first-order chi connectivity index (χ1) is 22.2. The molecule has 3 amide bonds. The van der Waals surface area contributed by atoms with Gasteiger partial charge in [-0.1, -0.05) is 93.1 Å². The molecule has 0 aromatic heterocycles. The Morgan fingerprint density at radius 3 is 2.22 bits per heavy atom. The molecule has 3 unspecified atom stereocenters. The van der Waals surface area contributed by atoms with E-state index in [2.05, 4.69) is 27.0 Å². The van der Waals surface area contributed by atoms with E-state index in [0.717, 1.165) is 24.0 Å². The second kappa shape index (κ2) is 13.9. The molecule has 1 N–H and O–H groups in total. The Labute approximate surface area is 273 Å². The van der Waals surface area contributed by atoms with Gasteiger partial charge in [-0.05, 0) is 43.2 Å². The molecule has 0 saturated carbocycles. The Kier molecular flexibility index (Phi) is 10.2. The van der Waals surface area contributed by atoms with Gasteiger partial charge in [0.25, 0.3) is 0 Å². The Morgan fingerprint density at radius 2 is 1.63 bits per heavy atom. The molecule has 5 rings (SSSR count). The molecule has 2 bridgehead atoms. The van der Waals surface area contributed by atoms with Crippen LogP contribution in [0.1, 0.15) is 51.2 Å². The summed E-state index contributed by atoms with van der Waals surface area (Å²) in [6.07, 6.45) is 5.95. The summed E-state index contributed by atoms with van der Waals surface area (Å²) in [6.45, 7) is 15.1. The second-order valence-electron chi connectivity index (χ2n) is 13.4. The van der Waals surface area contributed by atoms with Crippen molar-refractivity contribution >= 4 is 17.7 Å². The van der Waals surface area contributed by atoms with Crippen molar-refractivity contribution in [3.63, 3.8) is 0 Å². The molecule has 3 saturated heterocycles. The van der Waals surface area contributed by atoms with Crippen LogP contribution in [-0.4, -0.2) is 87.1 Å². The molecule has 2 aromatic rings. The first kappa shape index (κ1) is 33.6. The van der Waals surface area contributed by atoms with E-state index in [9.17, 15) is 19.5 Å². The summed E-state index contributed by atoms with van der Waals surface area (Å²) in [5.74, 6) is -2.44. The van der Waals surface area contributed by atoms with Gasteiger partial charge in [0.2, 0.25) is 17.7 Å². The van der Waals surface area contributed by atoms with Crippen LogP contribution < -0.4 is 0 Å². The van der Waals surface area contributed by atoms with Crippen molar-refractivity contribution < 1.29 is 24.2 Å². The number of aliphatic hydroxyl groups is 1. The molecule has 46 heavy (non-hydrogen) atoms. The molecule has 3 fully saturated rings. The number of hydrogen-bond donors (Lipinski definition) is 1. The number of likely N-dealkylation sites (tertiary alicyclic amines) is 1. The average molecular weight is 628 g/mol.